The Hall–Kier alpha value is -0.120. The van der Waals surface area contributed by atoms with Crippen LogP contribution in [0.5, 0.6) is 0 Å². The molecule has 0 aromatic carbocycles. The Morgan fingerprint density at radius 3 is 2.15 bits per heavy atom. The van der Waals surface area contributed by atoms with Gasteiger partial charge < -0.3 is 9.84 Å². The highest BCUT2D eigenvalue weighted by Crippen LogP contribution is 2.37. The second-order valence-electron chi connectivity index (χ2n) is 4.73. The third-order valence-corrected chi connectivity index (χ3v) is 3.95. The molecule has 2 bridgehead atoms. The van der Waals surface area contributed by atoms with E-state index >= 15 is 0 Å². The number of aliphatic hydroxyl groups excluding tert-OH is 1. The molecule has 3 aliphatic rings. The number of hydrogen-bond acceptors (Lipinski definition) is 3. The van der Waals surface area contributed by atoms with Crippen LogP contribution in [0.4, 0.5) is 0 Å². The van der Waals surface area contributed by atoms with Crippen LogP contribution < -0.4 is 0 Å². The second kappa shape index (κ2) is 2.94. The highest BCUT2D eigenvalue weighted by molar-refractivity contribution is 4.95. The van der Waals surface area contributed by atoms with Crippen LogP contribution in [-0.2, 0) is 4.74 Å². The van der Waals surface area contributed by atoms with E-state index in [0.717, 1.165) is 26.3 Å². The molecule has 2 saturated heterocycles. The van der Waals surface area contributed by atoms with Gasteiger partial charge in [0.15, 0.2) is 0 Å². The van der Waals surface area contributed by atoms with Crippen LogP contribution in [0.3, 0.4) is 0 Å². The molecule has 0 amide bonds. The third kappa shape index (κ3) is 1.22. The van der Waals surface area contributed by atoms with Gasteiger partial charge in [0.05, 0.1) is 25.4 Å². The van der Waals surface area contributed by atoms with Gasteiger partial charge in [-0.25, -0.2) is 0 Å². The summed E-state index contributed by atoms with van der Waals surface area (Å²) in [5.74, 6) is 1.11. The Balaban J connectivity index is 1.68. The fourth-order valence-corrected chi connectivity index (χ4v) is 2.96. The summed E-state index contributed by atoms with van der Waals surface area (Å²) in [7, 11) is 0. The van der Waals surface area contributed by atoms with E-state index in [1.54, 1.807) is 0 Å². The van der Waals surface area contributed by atoms with Crippen molar-refractivity contribution in [1.29, 1.82) is 0 Å². The summed E-state index contributed by atoms with van der Waals surface area (Å²) in [6.45, 7) is 4.03. The number of ether oxygens (including phenoxy) is 1. The molecular formula is C10H17NO2. The molecule has 3 rings (SSSR count). The fraction of sp³-hybridized carbons (Fsp3) is 1.00. The predicted octanol–water partition coefficient (Wildman–Crippen LogP) is 0.0879. The SMILES string of the molecule is OC1C2CCC1CN(C1COC1)C2. The Kier molecular flexibility index (Phi) is 1.86. The van der Waals surface area contributed by atoms with Crippen LogP contribution in [-0.4, -0.2) is 48.5 Å². The van der Waals surface area contributed by atoms with Gasteiger partial charge in [0.25, 0.3) is 0 Å². The Labute approximate surface area is 78.7 Å². The lowest BCUT2D eigenvalue weighted by Gasteiger charge is -2.43. The first kappa shape index (κ1) is 8.21. The van der Waals surface area contributed by atoms with E-state index in [0.29, 0.717) is 17.9 Å². The minimum Gasteiger partial charge on any atom is -0.392 e. The van der Waals surface area contributed by atoms with Gasteiger partial charge in [0.1, 0.15) is 0 Å². The van der Waals surface area contributed by atoms with Crippen LogP contribution >= 0.6 is 0 Å². The van der Waals surface area contributed by atoms with Crippen molar-refractivity contribution in [3.63, 3.8) is 0 Å². The molecule has 1 saturated carbocycles. The maximum atomic E-state index is 9.84. The van der Waals surface area contributed by atoms with Crippen molar-refractivity contribution in [3.05, 3.63) is 0 Å². The van der Waals surface area contributed by atoms with E-state index < -0.39 is 0 Å². The van der Waals surface area contributed by atoms with E-state index in [4.69, 9.17) is 4.74 Å². The highest BCUT2D eigenvalue weighted by Gasteiger charge is 2.43. The number of piperidine rings is 1. The molecule has 13 heavy (non-hydrogen) atoms. The number of likely N-dealkylation sites (tertiary alicyclic amines) is 1. The molecule has 3 nitrogen and oxygen atoms in total. The minimum atomic E-state index is -0.00255. The van der Waals surface area contributed by atoms with Gasteiger partial charge in [0, 0.05) is 13.1 Å². The number of fused-ring (bicyclic) bond motifs is 2. The van der Waals surface area contributed by atoms with Crippen LogP contribution in [0, 0.1) is 11.8 Å². The zero-order valence-corrected chi connectivity index (χ0v) is 7.85. The van der Waals surface area contributed by atoms with Crippen LogP contribution in [0.2, 0.25) is 0 Å². The van der Waals surface area contributed by atoms with Crippen molar-refractivity contribution in [2.45, 2.75) is 25.0 Å². The van der Waals surface area contributed by atoms with E-state index in [1.807, 2.05) is 0 Å². The molecule has 3 fully saturated rings. The maximum absolute atomic E-state index is 9.84. The molecule has 3 heteroatoms. The Morgan fingerprint density at radius 1 is 1.08 bits per heavy atom. The lowest BCUT2D eigenvalue weighted by atomic mass is 9.93. The van der Waals surface area contributed by atoms with Crippen molar-refractivity contribution in [3.8, 4) is 0 Å². The zero-order valence-electron chi connectivity index (χ0n) is 7.85. The van der Waals surface area contributed by atoms with Crippen molar-refractivity contribution < 1.29 is 9.84 Å². The zero-order chi connectivity index (χ0) is 8.84. The molecule has 1 aliphatic carbocycles. The molecule has 0 aromatic heterocycles. The first-order chi connectivity index (χ1) is 6.34. The van der Waals surface area contributed by atoms with Gasteiger partial charge in [0.2, 0.25) is 0 Å². The molecule has 0 radical (unpaired) electrons. The minimum absolute atomic E-state index is 0.00255. The van der Waals surface area contributed by atoms with E-state index in [9.17, 15) is 5.11 Å². The summed E-state index contributed by atoms with van der Waals surface area (Å²) in [4.78, 5) is 2.53. The molecule has 2 heterocycles. The molecule has 0 spiro atoms. The first-order valence-electron chi connectivity index (χ1n) is 5.34. The van der Waals surface area contributed by atoms with Gasteiger partial charge >= 0.3 is 0 Å². The largest absolute Gasteiger partial charge is 0.392 e. The quantitative estimate of drug-likeness (QED) is 0.625. The van der Waals surface area contributed by atoms with Gasteiger partial charge in [-0.1, -0.05) is 0 Å². The second-order valence-corrected chi connectivity index (χ2v) is 4.73. The fourth-order valence-electron chi connectivity index (χ4n) is 2.96. The molecule has 2 atom stereocenters. The van der Waals surface area contributed by atoms with Gasteiger partial charge in [-0.15, -0.1) is 0 Å². The van der Waals surface area contributed by atoms with Gasteiger partial charge in [-0.05, 0) is 24.7 Å². The molecule has 74 valence electrons. The van der Waals surface area contributed by atoms with E-state index in [1.165, 1.54) is 12.8 Å². The van der Waals surface area contributed by atoms with Crippen LogP contribution in [0.1, 0.15) is 12.8 Å². The summed E-state index contributed by atoms with van der Waals surface area (Å²) < 4.78 is 5.20. The Morgan fingerprint density at radius 2 is 1.69 bits per heavy atom. The number of aliphatic hydroxyl groups is 1. The highest BCUT2D eigenvalue weighted by atomic mass is 16.5. The average molecular weight is 183 g/mol. The lowest BCUT2D eigenvalue weighted by Crippen LogP contribution is -2.55. The van der Waals surface area contributed by atoms with Crippen LogP contribution in [0.15, 0.2) is 0 Å². The monoisotopic (exact) mass is 183 g/mol. The molecule has 0 aromatic rings. The van der Waals surface area contributed by atoms with Crippen molar-refractivity contribution >= 4 is 0 Å². The summed E-state index contributed by atoms with van der Waals surface area (Å²) in [6, 6.07) is 0.663. The first-order valence-corrected chi connectivity index (χ1v) is 5.34. The maximum Gasteiger partial charge on any atom is 0.0645 e. The van der Waals surface area contributed by atoms with Gasteiger partial charge in [-0.3, -0.25) is 4.90 Å². The molecule has 1 N–H and O–H groups in total. The average Bonchev–Trinajstić information content (AvgIpc) is 2.31. The Bertz CT molecular complexity index is 191. The summed E-state index contributed by atoms with van der Waals surface area (Å²) in [5.41, 5.74) is 0. The van der Waals surface area contributed by atoms with Crippen molar-refractivity contribution in [1.82, 2.24) is 4.90 Å². The molecule has 2 unspecified atom stereocenters. The predicted molar refractivity (Wildman–Crippen MR) is 48.4 cm³/mol. The van der Waals surface area contributed by atoms with Gasteiger partial charge in [-0.2, -0.15) is 0 Å². The third-order valence-electron chi connectivity index (χ3n) is 3.95. The van der Waals surface area contributed by atoms with Crippen molar-refractivity contribution in [2.24, 2.45) is 11.8 Å². The summed E-state index contributed by atoms with van der Waals surface area (Å²) in [6.07, 6.45) is 2.46. The lowest BCUT2D eigenvalue weighted by molar-refractivity contribution is -0.0960. The summed E-state index contributed by atoms with van der Waals surface area (Å²) in [5, 5.41) is 9.84. The normalized spacial score (nSPS) is 46.4. The number of nitrogens with zero attached hydrogens (tertiary/aromatic N) is 1. The number of hydrogen-bond donors (Lipinski definition) is 1. The topological polar surface area (TPSA) is 32.7 Å². The van der Waals surface area contributed by atoms with E-state index in [2.05, 4.69) is 4.90 Å². The van der Waals surface area contributed by atoms with E-state index in [-0.39, 0.29) is 6.10 Å². The van der Waals surface area contributed by atoms with Crippen molar-refractivity contribution in [2.75, 3.05) is 26.3 Å². The summed E-state index contributed by atoms with van der Waals surface area (Å²) >= 11 is 0. The molecule has 2 aliphatic heterocycles. The smallest absolute Gasteiger partial charge is 0.0645 e. The molecular weight excluding hydrogens is 166 g/mol. The standard InChI is InChI=1S/C10H17NO2/c12-10-7-1-2-8(10)4-11(3-7)9-5-13-6-9/h7-10,12H,1-6H2. The number of rotatable bonds is 1. The van der Waals surface area contributed by atoms with Crippen LogP contribution in [0.25, 0.3) is 0 Å².